The Hall–Kier alpha value is -1.62. The van der Waals surface area contributed by atoms with Crippen LogP contribution in [0.5, 0.6) is 0 Å². The topological polar surface area (TPSA) is 82.2 Å². The van der Waals surface area contributed by atoms with Crippen LogP contribution in [0.4, 0.5) is 0 Å². The maximum Gasteiger partial charge on any atom is 0.267 e. The fourth-order valence-corrected chi connectivity index (χ4v) is 2.15. The fraction of sp³-hybridized carbons (Fsp3) is 0.500. The molecule has 1 amide bonds. The number of hydrogen-bond donors (Lipinski definition) is 3. The summed E-state index contributed by atoms with van der Waals surface area (Å²) in [6.45, 7) is 0.548. The quantitative estimate of drug-likeness (QED) is 0.704. The van der Waals surface area contributed by atoms with E-state index in [0.717, 1.165) is 19.3 Å². The number of pyridine rings is 1. The third-order valence-corrected chi connectivity index (χ3v) is 3.08. The molecule has 1 aromatic heterocycles. The first-order chi connectivity index (χ1) is 8.15. The highest BCUT2D eigenvalue weighted by Gasteiger charge is 2.23. The highest BCUT2D eigenvalue weighted by atomic mass is 16.3. The molecule has 0 aliphatic heterocycles. The van der Waals surface area contributed by atoms with Crippen LogP contribution in [-0.4, -0.2) is 28.6 Å². The van der Waals surface area contributed by atoms with Crippen LogP contribution in [0.3, 0.4) is 0 Å². The smallest absolute Gasteiger partial charge is 0.267 e. The molecule has 1 saturated carbocycles. The largest absolute Gasteiger partial charge is 0.393 e. The second kappa shape index (κ2) is 5.14. The number of H-pyrrole nitrogens is 1. The van der Waals surface area contributed by atoms with Crippen molar-refractivity contribution in [1.82, 2.24) is 10.3 Å². The lowest BCUT2D eigenvalue weighted by atomic mass is 10.1. The molecule has 1 aromatic rings. The third kappa shape index (κ3) is 3.17. The number of hydrogen-bond acceptors (Lipinski definition) is 3. The van der Waals surface area contributed by atoms with Crippen LogP contribution in [0.25, 0.3) is 0 Å². The minimum absolute atomic E-state index is 0.228. The van der Waals surface area contributed by atoms with Crippen LogP contribution < -0.4 is 10.9 Å². The maximum atomic E-state index is 11.7. The summed E-state index contributed by atoms with van der Waals surface area (Å²) >= 11 is 0. The van der Waals surface area contributed by atoms with E-state index in [1.165, 1.54) is 6.07 Å². The van der Waals surface area contributed by atoms with Crippen LogP contribution in [0.2, 0.25) is 0 Å². The molecule has 2 atom stereocenters. The van der Waals surface area contributed by atoms with Gasteiger partial charge in [0.25, 0.3) is 5.91 Å². The number of aromatic nitrogens is 1. The van der Waals surface area contributed by atoms with Crippen molar-refractivity contribution in [3.63, 3.8) is 0 Å². The van der Waals surface area contributed by atoms with E-state index in [1.54, 1.807) is 12.1 Å². The first-order valence-electron chi connectivity index (χ1n) is 5.81. The molecule has 0 spiro atoms. The van der Waals surface area contributed by atoms with Gasteiger partial charge in [0.05, 0.1) is 6.10 Å². The summed E-state index contributed by atoms with van der Waals surface area (Å²) in [5.74, 6) is 0.0634. The van der Waals surface area contributed by atoms with Gasteiger partial charge in [0.2, 0.25) is 5.56 Å². The first kappa shape index (κ1) is 11.9. The average molecular weight is 236 g/mol. The Balaban J connectivity index is 1.87. The third-order valence-electron chi connectivity index (χ3n) is 3.08. The number of amides is 1. The van der Waals surface area contributed by atoms with Gasteiger partial charge in [-0.15, -0.1) is 0 Å². The minimum Gasteiger partial charge on any atom is -0.393 e. The number of rotatable bonds is 3. The zero-order valence-corrected chi connectivity index (χ0v) is 9.48. The lowest BCUT2D eigenvalue weighted by Crippen LogP contribution is -2.30. The number of aliphatic hydroxyl groups excluding tert-OH is 1. The predicted octanol–water partition coefficient (Wildman–Crippen LogP) is 0.266. The van der Waals surface area contributed by atoms with Crippen molar-refractivity contribution in [1.29, 1.82) is 0 Å². The molecule has 1 aliphatic carbocycles. The molecule has 0 saturated heterocycles. The van der Waals surface area contributed by atoms with E-state index >= 15 is 0 Å². The lowest BCUT2D eigenvalue weighted by molar-refractivity contribution is 0.0940. The average Bonchev–Trinajstić information content (AvgIpc) is 2.72. The highest BCUT2D eigenvalue weighted by Crippen LogP contribution is 2.24. The van der Waals surface area contributed by atoms with E-state index < -0.39 is 0 Å². The van der Waals surface area contributed by atoms with Gasteiger partial charge in [-0.25, -0.2) is 0 Å². The van der Waals surface area contributed by atoms with Crippen LogP contribution >= 0.6 is 0 Å². The number of aliphatic hydroxyl groups is 1. The maximum absolute atomic E-state index is 11.7. The Labute approximate surface area is 98.9 Å². The summed E-state index contributed by atoms with van der Waals surface area (Å²) in [6, 6.07) is 4.48. The van der Waals surface area contributed by atoms with Gasteiger partial charge in [-0.05, 0) is 31.2 Å². The second-order valence-electron chi connectivity index (χ2n) is 4.47. The highest BCUT2D eigenvalue weighted by molar-refractivity contribution is 5.92. The number of nitrogens with one attached hydrogen (secondary N) is 2. The normalized spacial score (nSPS) is 23.6. The molecule has 1 fully saturated rings. The Morgan fingerprint density at radius 2 is 2.29 bits per heavy atom. The summed E-state index contributed by atoms with van der Waals surface area (Å²) in [6.07, 6.45) is 2.26. The molecule has 5 heteroatoms. The van der Waals surface area contributed by atoms with Gasteiger partial charge in [0.15, 0.2) is 0 Å². The van der Waals surface area contributed by atoms with Crippen molar-refractivity contribution in [2.24, 2.45) is 5.92 Å². The monoisotopic (exact) mass is 236 g/mol. The van der Waals surface area contributed by atoms with Gasteiger partial charge >= 0.3 is 0 Å². The summed E-state index contributed by atoms with van der Waals surface area (Å²) in [4.78, 5) is 25.2. The van der Waals surface area contributed by atoms with Crippen LogP contribution in [0.15, 0.2) is 23.0 Å². The van der Waals surface area contributed by atoms with Gasteiger partial charge in [0, 0.05) is 12.6 Å². The van der Waals surface area contributed by atoms with Crippen LogP contribution in [0.1, 0.15) is 29.8 Å². The number of carbonyl (C=O) groups is 1. The zero-order valence-electron chi connectivity index (χ0n) is 9.48. The van der Waals surface area contributed by atoms with Crippen molar-refractivity contribution >= 4 is 5.91 Å². The molecular formula is C12H16N2O3. The standard InChI is InChI=1S/C12H16N2O3/c15-9-5-4-8(6-9)7-13-12(17)10-2-1-3-11(16)14-10/h1-3,8-9,15H,4-7H2,(H,13,17)(H,14,16). The SMILES string of the molecule is O=C(NCC1CCC(O)C1)c1cccc(=O)[nH]1. The molecule has 0 radical (unpaired) electrons. The van der Waals surface area contributed by atoms with Gasteiger partial charge in [-0.1, -0.05) is 6.07 Å². The minimum atomic E-state index is -0.283. The molecule has 3 N–H and O–H groups in total. The van der Waals surface area contributed by atoms with Crippen LogP contribution in [0, 0.1) is 5.92 Å². The van der Waals surface area contributed by atoms with Crippen molar-refractivity contribution < 1.29 is 9.90 Å². The summed E-state index contributed by atoms with van der Waals surface area (Å²) in [5, 5.41) is 12.1. The predicted molar refractivity (Wildman–Crippen MR) is 62.7 cm³/mol. The van der Waals surface area contributed by atoms with E-state index in [2.05, 4.69) is 10.3 Å². The van der Waals surface area contributed by atoms with E-state index in [0.29, 0.717) is 12.5 Å². The molecule has 2 rings (SSSR count). The Morgan fingerprint density at radius 3 is 2.94 bits per heavy atom. The van der Waals surface area contributed by atoms with Crippen molar-refractivity contribution in [3.05, 3.63) is 34.2 Å². The molecule has 0 bridgehead atoms. The summed E-state index contributed by atoms with van der Waals surface area (Å²) in [7, 11) is 0. The van der Waals surface area contributed by atoms with Gasteiger partial charge < -0.3 is 15.4 Å². The molecule has 0 aromatic carbocycles. The summed E-state index contributed by atoms with van der Waals surface area (Å²) < 4.78 is 0. The zero-order chi connectivity index (χ0) is 12.3. The van der Waals surface area contributed by atoms with Crippen LogP contribution in [-0.2, 0) is 0 Å². The van der Waals surface area contributed by atoms with Gasteiger partial charge in [-0.3, -0.25) is 9.59 Å². The Morgan fingerprint density at radius 1 is 1.47 bits per heavy atom. The van der Waals surface area contributed by atoms with Crippen molar-refractivity contribution in [2.75, 3.05) is 6.54 Å². The van der Waals surface area contributed by atoms with Crippen molar-refractivity contribution in [2.45, 2.75) is 25.4 Å². The van der Waals surface area contributed by atoms with E-state index in [4.69, 9.17) is 0 Å². The molecule has 2 unspecified atom stereocenters. The van der Waals surface area contributed by atoms with E-state index in [-0.39, 0.29) is 23.3 Å². The van der Waals surface area contributed by atoms with Gasteiger partial charge in [0.1, 0.15) is 5.69 Å². The molecular weight excluding hydrogens is 220 g/mol. The number of carbonyl (C=O) groups excluding carboxylic acids is 1. The van der Waals surface area contributed by atoms with Crippen molar-refractivity contribution in [3.8, 4) is 0 Å². The summed E-state index contributed by atoms with van der Waals surface area (Å²) in [5.41, 5.74) is -0.00927. The molecule has 5 nitrogen and oxygen atoms in total. The second-order valence-corrected chi connectivity index (χ2v) is 4.47. The first-order valence-corrected chi connectivity index (χ1v) is 5.81. The molecule has 1 aliphatic rings. The van der Waals surface area contributed by atoms with E-state index in [1.807, 2.05) is 0 Å². The molecule has 92 valence electrons. The lowest BCUT2D eigenvalue weighted by Gasteiger charge is -2.10. The Bertz CT molecular complexity index is 455. The molecule has 1 heterocycles. The molecule has 17 heavy (non-hydrogen) atoms. The number of aromatic amines is 1. The van der Waals surface area contributed by atoms with E-state index in [9.17, 15) is 14.7 Å². The Kier molecular flexibility index (Phi) is 3.58. The fourth-order valence-electron chi connectivity index (χ4n) is 2.15. The van der Waals surface area contributed by atoms with Gasteiger partial charge in [-0.2, -0.15) is 0 Å².